The molecule has 96 valence electrons. The van der Waals surface area contributed by atoms with Crippen LogP contribution in [0.2, 0.25) is 0 Å². The van der Waals surface area contributed by atoms with Gasteiger partial charge in [-0.25, -0.2) is 0 Å². The van der Waals surface area contributed by atoms with Crippen LogP contribution in [0.25, 0.3) is 10.9 Å². The second-order valence-corrected chi connectivity index (χ2v) is 5.57. The Bertz CT molecular complexity index is 716. The standard InChI is InChI=1S/C16H15BrN2/c1-11-8-14(3-4-15(11)17)19-10-12-2-5-16-13(9-12)6-7-18-16/h2-9,18-19H,10H2,1H3. The highest BCUT2D eigenvalue weighted by atomic mass is 79.9. The minimum atomic E-state index is 0.836. The number of H-pyrrole nitrogens is 1. The first-order valence-electron chi connectivity index (χ1n) is 6.28. The van der Waals surface area contributed by atoms with Gasteiger partial charge in [-0.1, -0.05) is 22.0 Å². The van der Waals surface area contributed by atoms with Gasteiger partial charge < -0.3 is 10.3 Å². The van der Waals surface area contributed by atoms with E-state index < -0.39 is 0 Å². The average molecular weight is 315 g/mol. The first-order chi connectivity index (χ1) is 9.22. The Morgan fingerprint density at radius 1 is 1.11 bits per heavy atom. The Morgan fingerprint density at radius 3 is 2.84 bits per heavy atom. The largest absolute Gasteiger partial charge is 0.381 e. The summed E-state index contributed by atoms with van der Waals surface area (Å²) >= 11 is 3.52. The molecule has 3 rings (SSSR count). The normalized spacial score (nSPS) is 10.8. The van der Waals surface area contributed by atoms with Crippen molar-refractivity contribution in [1.82, 2.24) is 4.98 Å². The van der Waals surface area contributed by atoms with Gasteiger partial charge in [0.1, 0.15) is 0 Å². The van der Waals surface area contributed by atoms with Crippen molar-refractivity contribution in [1.29, 1.82) is 0 Å². The Labute approximate surface area is 121 Å². The molecule has 0 saturated heterocycles. The van der Waals surface area contributed by atoms with E-state index in [-0.39, 0.29) is 0 Å². The fraction of sp³-hybridized carbons (Fsp3) is 0.125. The lowest BCUT2D eigenvalue weighted by atomic mass is 10.1. The molecule has 2 aromatic carbocycles. The summed E-state index contributed by atoms with van der Waals surface area (Å²) in [6, 6.07) is 14.9. The Balaban J connectivity index is 1.75. The molecule has 2 N–H and O–H groups in total. The van der Waals surface area contributed by atoms with Gasteiger partial charge >= 0.3 is 0 Å². The molecule has 3 heteroatoms. The van der Waals surface area contributed by atoms with Crippen molar-refractivity contribution in [2.75, 3.05) is 5.32 Å². The molecule has 0 amide bonds. The summed E-state index contributed by atoms with van der Waals surface area (Å²) in [7, 11) is 0. The maximum Gasteiger partial charge on any atom is 0.0454 e. The molecule has 0 unspecified atom stereocenters. The molecular weight excluding hydrogens is 300 g/mol. The number of fused-ring (bicyclic) bond motifs is 1. The van der Waals surface area contributed by atoms with E-state index in [9.17, 15) is 0 Å². The van der Waals surface area contributed by atoms with Crippen LogP contribution in [-0.2, 0) is 6.54 Å². The van der Waals surface area contributed by atoms with Gasteiger partial charge in [-0.3, -0.25) is 0 Å². The van der Waals surface area contributed by atoms with Crippen LogP contribution in [-0.4, -0.2) is 4.98 Å². The van der Waals surface area contributed by atoms with Gasteiger partial charge in [0, 0.05) is 28.4 Å². The molecular formula is C16H15BrN2. The number of rotatable bonds is 3. The molecule has 1 aromatic heterocycles. The number of hydrogen-bond acceptors (Lipinski definition) is 1. The van der Waals surface area contributed by atoms with E-state index in [1.165, 1.54) is 22.0 Å². The third-order valence-electron chi connectivity index (χ3n) is 3.27. The van der Waals surface area contributed by atoms with Crippen LogP contribution >= 0.6 is 15.9 Å². The van der Waals surface area contributed by atoms with Gasteiger partial charge in [-0.15, -0.1) is 0 Å². The molecule has 0 aliphatic rings. The average Bonchev–Trinajstić information content (AvgIpc) is 2.87. The minimum absolute atomic E-state index is 0.836. The minimum Gasteiger partial charge on any atom is -0.381 e. The highest BCUT2D eigenvalue weighted by Gasteiger charge is 1.99. The van der Waals surface area contributed by atoms with E-state index in [1.807, 2.05) is 6.20 Å². The molecule has 1 heterocycles. The van der Waals surface area contributed by atoms with Gasteiger partial charge in [0.05, 0.1) is 0 Å². The van der Waals surface area contributed by atoms with Crippen molar-refractivity contribution in [2.45, 2.75) is 13.5 Å². The number of anilines is 1. The van der Waals surface area contributed by atoms with Gasteiger partial charge in [0.2, 0.25) is 0 Å². The van der Waals surface area contributed by atoms with Crippen molar-refractivity contribution in [3.8, 4) is 0 Å². The van der Waals surface area contributed by atoms with Gasteiger partial charge in [0.25, 0.3) is 0 Å². The molecule has 0 fully saturated rings. The molecule has 0 atom stereocenters. The van der Waals surface area contributed by atoms with Crippen LogP contribution in [0, 0.1) is 6.92 Å². The third kappa shape index (κ3) is 2.66. The van der Waals surface area contributed by atoms with E-state index in [0.29, 0.717) is 0 Å². The molecule has 0 saturated carbocycles. The van der Waals surface area contributed by atoms with Crippen molar-refractivity contribution >= 4 is 32.5 Å². The van der Waals surface area contributed by atoms with Crippen LogP contribution < -0.4 is 5.32 Å². The molecule has 3 aromatic rings. The van der Waals surface area contributed by atoms with E-state index in [4.69, 9.17) is 0 Å². The van der Waals surface area contributed by atoms with Gasteiger partial charge in [-0.05, 0) is 59.8 Å². The predicted molar refractivity (Wildman–Crippen MR) is 84.5 cm³/mol. The summed E-state index contributed by atoms with van der Waals surface area (Å²) in [4.78, 5) is 3.21. The van der Waals surface area contributed by atoms with Crippen LogP contribution in [0.3, 0.4) is 0 Å². The fourth-order valence-corrected chi connectivity index (χ4v) is 2.42. The maximum absolute atomic E-state index is 3.52. The lowest BCUT2D eigenvalue weighted by Crippen LogP contribution is -1.99. The third-order valence-corrected chi connectivity index (χ3v) is 4.16. The molecule has 19 heavy (non-hydrogen) atoms. The van der Waals surface area contributed by atoms with Gasteiger partial charge in [-0.2, -0.15) is 0 Å². The van der Waals surface area contributed by atoms with Crippen LogP contribution in [0.1, 0.15) is 11.1 Å². The smallest absolute Gasteiger partial charge is 0.0454 e. The Morgan fingerprint density at radius 2 is 2.00 bits per heavy atom. The Hall–Kier alpha value is -1.74. The second kappa shape index (κ2) is 5.10. The van der Waals surface area contributed by atoms with Crippen LogP contribution in [0.4, 0.5) is 5.69 Å². The number of aromatic nitrogens is 1. The first-order valence-corrected chi connectivity index (χ1v) is 7.08. The summed E-state index contributed by atoms with van der Waals surface area (Å²) < 4.78 is 1.15. The highest BCUT2D eigenvalue weighted by molar-refractivity contribution is 9.10. The van der Waals surface area contributed by atoms with Crippen LogP contribution in [0.15, 0.2) is 53.1 Å². The van der Waals surface area contributed by atoms with Crippen LogP contribution in [0.5, 0.6) is 0 Å². The second-order valence-electron chi connectivity index (χ2n) is 4.72. The lowest BCUT2D eigenvalue weighted by Gasteiger charge is -2.08. The molecule has 2 nitrogen and oxygen atoms in total. The van der Waals surface area contributed by atoms with E-state index in [2.05, 4.69) is 75.6 Å². The topological polar surface area (TPSA) is 27.8 Å². The van der Waals surface area contributed by atoms with E-state index >= 15 is 0 Å². The summed E-state index contributed by atoms with van der Waals surface area (Å²) in [5.74, 6) is 0. The molecule has 0 aliphatic heterocycles. The van der Waals surface area contributed by atoms with Crippen molar-refractivity contribution < 1.29 is 0 Å². The SMILES string of the molecule is Cc1cc(NCc2ccc3[nH]ccc3c2)ccc1Br. The van der Waals surface area contributed by atoms with Crippen molar-refractivity contribution in [3.05, 3.63) is 64.3 Å². The fourth-order valence-electron chi connectivity index (χ4n) is 2.17. The Kier molecular flexibility index (Phi) is 3.30. The molecule has 0 spiro atoms. The molecule has 0 radical (unpaired) electrons. The number of halogens is 1. The number of nitrogens with one attached hydrogen (secondary N) is 2. The zero-order chi connectivity index (χ0) is 13.2. The monoisotopic (exact) mass is 314 g/mol. The quantitative estimate of drug-likeness (QED) is 0.710. The number of benzene rings is 2. The molecule has 0 bridgehead atoms. The van der Waals surface area contributed by atoms with Crippen molar-refractivity contribution in [3.63, 3.8) is 0 Å². The predicted octanol–water partition coefficient (Wildman–Crippen LogP) is 4.85. The highest BCUT2D eigenvalue weighted by Crippen LogP contribution is 2.21. The summed E-state index contributed by atoms with van der Waals surface area (Å²) in [6.45, 7) is 2.93. The number of aryl methyl sites for hydroxylation is 1. The van der Waals surface area contributed by atoms with Gasteiger partial charge in [0.15, 0.2) is 0 Å². The summed E-state index contributed by atoms with van der Waals surface area (Å²) in [5.41, 5.74) is 4.86. The van der Waals surface area contributed by atoms with E-state index in [1.54, 1.807) is 0 Å². The maximum atomic E-state index is 3.52. The summed E-state index contributed by atoms with van der Waals surface area (Å²) in [6.07, 6.45) is 1.97. The lowest BCUT2D eigenvalue weighted by molar-refractivity contribution is 1.15. The number of hydrogen-bond donors (Lipinski definition) is 2. The zero-order valence-corrected chi connectivity index (χ0v) is 12.3. The first kappa shape index (κ1) is 12.3. The van der Waals surface area contributed by atoms with Crippen molar-refractivity contribution in [2.24, 2.45) is 0 Å². The summed E-state index contributed by atoms with van der Waals surface area (Å²) in [5, 5.41) is 4.71. The number of aromatic amines is 1. The molecule has 0 aliphatic carbocycles. The van der Waals surface area contributed by atoms with E-state index in [0.717, 1.165) is 16.7 Å². The zero-order valence-electron chi connectivity index (χ0n) is 10.7.